The summed E-state index contributed by atoms with van der Waals surface area (Å²) in [6.07, 6.45) is 4.12. The SMILES string of the molecule is Cc1cc(N2CCCC(CO)C2)ncc1Br. The van der Waals surface area contributed by atoms with E-state index in [-0.39, 0.29) is 6.61 Å². The molecule has 16 heavy (non-hydrogen) atoms. The second kappa shape index (κ2) is 5.15. The quantitative estimate of drug-likeness (QED) is 0.906. The minimum Gasteiger partial charge on any atom is -0.396 e. The molecule has 0 spiro atoms. The van der Waals surface area contributed by atoms with E-state index in [4.69, 9.17) is 0 Å². The molecule has 1 aliphatic rings. The summed E-state index contributed by atoms with van der Waals surface area (Å²) in [4.78, 5) is 6.70. The lowest BCUT2D eigenvalue weighted by Crippen LogP contribution is -2.37. The average Bonchev–Trinajstić information content (AvgIpc) is 2.33. The molecule has 0 bridgehead atoms. The van der Waals surface area contributed by atoms with E-state index in [0.717, 1.165) is 36.2 Å². The van der Waals surface area contributed by atoms with Gasteiger partial charge in [-0.05, 0) is 53.2 Å². The van der Waals surface area contributed by atoms with Crippen molar-refractivity contribution in [2.45, 2.75) is 19.8 Å². The maximum absolute atomic E-state index is 9.20. The number of aromatic nitrogens is 1. The molecular weight excluding hydrogens is 268 g/mol. The molecule has 1 aromatic heterocycles. The number of halogens is 1. The van der Waals surface area contributed by atoms with Crippen molar-refractivity contribution >= 4 is 21.7 Å². The largest absolute Gasteiger partial charge is 0.396 e. The number of aliphatic hydroxyl groups excluding tert-OH is 1. The molecular formula is C12H17BrN2O. The maximum Gasteiger partial charge on any atom is 0.128 e. The first kappa shape index (κ1) is 11.9. The van der Waals surface area contributed by atoms with Gasteiger partial charge >= 0.3 is 0 Å². The molecule has 0 saturated carbocycles. The molecule has 4 heteroatoms. The van der Waals surface area contributed by atoms with E-state index in [1.54, 1.807) is 0 Å². The van der Waals surface area contributed by atoms with Gasteiger partial charge in [0.25, 0.3) is 0 Å². The second-order valence-electron chi connectivity index (χ2n) is 4.43. The zero-order valence-electron chi connectivity index (χ0n) is 9.49. The molecule has 1 aliphatic heterocycles. The van der Waals surface area contributed by atoms with Gasteiger partial charge in [0.15, 0.2) is 0 Å². The third kappa shape index (κ3) is 2.55. The number of hydrogen-bond donors (Lipinski definition) is 1. The molecule has 0 amide bonds. The van der Waals surface area contributed by atoms with Gasteiger partial charge in [0, 0.05) is 30.4 Å². The van der Waals surface area contributed by atoms with E-state index in [9.17, 15) is 5.11 Å². The van der Waals surface area contributed by atoms with Crippen molar-refractivity contribution in [3.05, 3.63) is 22.3 Å². The van der Waals surface area contributed by atoms with Gasteiger partial charge < -0.3 is 10.0 Å². The summed E-state index contributed by atoms with van der Waals surface area (Å²) < 4.78 is 1.05. The lowest BCUT2D eigenvalue weighted by atomic mass is 9.99. The molecule has 1 saturated heterocycles. The lowest BCUT2D eigenvalue weighted by Gasteiger charge is -2.32. The molecule has 1 unspecified atom stereocenters. The van der Waals surface area contributed by atoms with Gasteiger partial charge in [0.2, 0.25) is 0 Å². The van der Waals surface area contributed by atoms with E-state index in [0.29, 0.717) is 5.92 Å². The van der Waals surface area contributed by atoms with Crippen molar-refractivity contribution in [3.8, 4) is 0 Å². The summed E-state index contributed by atoms with van der Waals surface area (Å²) in [5, 5.41) is 9.20. The van der Waals surface area contributed by atoms with Crippen LogP contribution in [-0.2, 0) is 0 Å². The van der Waals surface area contributed by atoms with E-state index in [1.165, 1.54) is 5.56 Å². The van der Waals surface area contributed by atoms with Crippen LogP contribution in [0, 0.1) is 12.8 Å². The van der Waals surface area contributed by atoms with Gasteiger partial charge in [-0.25, -0.2) is 4.98 Å². The molecule has 1 aromatic rings. The molecule has 1 atom stereocenters. The molecule has 2 rings (SSSR count). The Morgan fingerprint density at radius 1 is 1.62 bits per heavy atom. The fourth-order valence-electron chi connectivity index (χ4n) is 2.12. The number of piperidine rings is 1. The molecule has 1 N–H and O–H groups in total. The summed E-state index contributed by atoms with van der Waals surface area (Å²) in [7, 11) is 0. The van der Waals surface area contributed by atoms with Crippen molar-refractivity contribution in [1.82, 2.24) is 4.98 Å². The number of aryl methyl sites for hydroxylation is 1. The highest BCUT2D eigenvalue weighted by Gasteiger charge is 2.20. The number of anilines is 1. The molecule has 2 heterocycles. The predicted molar refractivity (Wildman–Crippen MR) is 68.7 cm³/mol. The van der Waals surface area contributed by atoms with Crippen molar-refractivity contribution in [1.29, 1.82) is 0 Å². The van der Waals surface area contributed by atoms with Crippen molar-refractivity contribution in [2.24, 2.45) is 5.92 Å². The summed E-state index contributed by atoms with van der Waals surface area (Å²) in [6, 6.07) is 2.10. The van der Waals surface area contributed by atoms with Crippen LogP contribution in [-0.4, -0.2) is 29.8 Å². The van der Waals surface area contributed by atoms with Crippen LogP contribution < -0.4 is 4.90 Å². The highest BCUT2D eigenvalue weighted by Crippen LogP contribution is 2.24. The van der Waals surface area contributed by atoms with Crippen LogP contribution in [0.1, 0.15) is 18.4 Å². The third-order valence-electron chi connectivity index (χ3n) is 3.13. The van der Waals surface area contributed by atoms with Gasteiger partial charge in [0.05, 0.1) is 0 Å². The Hall–Kier alpha value is -0.610. The Morgan fingerprint density at radius 3 is 3.12 bits per heavy atom. The number of nitrogens with zero attached hydrogens (tertiary/aromatic N) is 2. The molecule has 0 radical (unpaired) electrons. The highest BCUT2D eigenvalue weighted by atomic mass is 79.9. The first-order chi connectivity index (χ1) is 7.70. The van der Waals surface area contributed by atoms with Crippen LogP contribution in [0.3, 0.4) is 0 Å². The standard InChI is InChI=1S/C12H17BrN2O/c1-9-5-12(14-6-11(9)13)15-4-2-3-10(7-15)8-16/h5-6,10,16H,2-4,7-8H2,1H3. The van der Waals surface area contributed by atoms with E-state index in [1.807, 2.05) is 6.20 Å². The number of pyridine rings is 1. The maximum atomic E-state index is 9.20. The summed E-state index contributed by atoms with van der Waals surface area (Å²) in [5.41, 5.74) is 1.20. The number of hydrogen-bond acceptors (Lipinski definition) is 3. The Balaban J connectivity index is 2.13. The monoisotopic (exact) mass is 284 g/mol. The summed E-state index contributed by atoms with van der Waals surface area (Å²) in [5.74, 6) is 1.43. The smallest absolute Gasteiger partial charge is 0.128 e. The van der Waals surface area contributed by atoms with Crippen molar-refractivity contribution in [3.63, 3.8) is 0 Å². The summed E-state index contributed by atoms with van der Waals surface area (Å²) in [6.45, 7) is 4.32. The van der Waals surface area contributed by atoms with Crippen LogP contribution in [0.5, 0.6) is 0 Å². The zero-order chi connectivity index (χ0) is 11.5. The average molecular weight is 285 g/mol. The Labute approximate surface area is 105 Å². The Kier molecular flexibility index (Phi) is 3.82. The molecule has 0 aromatic carbocycles. The van der Waals surface area contributed by atoms with Gasteiger partial charge in [-0.1, -0.05) is 0 Å². The van der Waals surface area contributed by atoms with Crippen molar-refractivity contribution < 1.29 is 5.11 Å². The van der Waals surface area contributed by atoms with Crippen LogP contribution in [0.15, 0.2) is 16.7 Å². The molecule has 88 valence electrons. The topological polar surface area (TPSA) is 36.4 Å². The normalized spacial score (nSPS) is 21.2. The Morgan fingerprint density at radius 2 is 2.44 bits per heavy atom. The van der Waals surface area contributed by atoms with Crippen LogP contribution >= 0.6 is 15.9 Å². The zero-order valence-corrected chi connectivity index (χ0v) is 11.1. The van der Waals surface area contributed by atoms with Gasteiger partial charge in [-0.15, -0.1) is 0 Å². The molecule has 3 nitrogen and oxygen atoms in total. The van der Waals surface area contributed by atoms with Gasteiger partial charge in [0.1, 0.15) is 5.82 Å². The minimum atomic E-state index is 0.284. The lowest BCUT2D eigenvalue weighted by molar-refractivity contribution is 0.208. The van der Waals surface area contributed by atoms with Crippen LogP contribution in [0.25, 0.3) is 0 Å². The van der Waals surface area contributed by atoms with Gasteiger partial charge in [-0.2, -0.15) is 0 Å². The number of rotatable bonds is 2. The second-order valence-corrected chi connectivity index (χ2v) is 5.28. The van der Waals surface area contributed by atoms with Crippen LogP contribution in [0.4, 0.5) is 5.82 Å². The third-order valence-corrected chi connectivity index (χ3v) is 3.96. The first-order valence-electron chi connectivity index (χ1n) is 5.68. The minimum absolute atomic E-state index is 0.284. The van der Waals surface area contributed by atoms with Crippen molar-refractivity contribution in [2.75, 3.05) is 24.6 Å². The predicted octanol–water partition coefficient (Wildman–Crippen LogP) is 2.36. The highest BCUT2D eigenvalue weighted by molar-refractivity contribution is 9.10. The fraction of sp³-hybridized carbons (Fsp3) is 0.583. The fourth-order valence-corrected chi connectivity index (χ4v) is 2.34. The van der Waals surface area contributed by atoms with Crippen LogP contribution in [0.2, 0.25) is 0 Å². The van der Waals surface area contributed by atoms with E-state index < -0.39 is 0 Å². The molecule has 1 fully saturated rings. The first-order valence-corrected chi connectivity index (χ1v) is 6.48. The summed E-state index contributed by atoms with van der Waals surface area (Å²) >= 11 is 3.46. The molecule has 0 aliphatic carbocycles. The Bertz CT molecular complexity index is 370. The van der Waals surface area contributed by atoms with E-state index in [2.05, 4.69) is 38.8 Å². The number of aliphatic hydroxyl groups is 1. The van der Waals surface area contributed by atoms with Gasteiger partial charge in [-0.3, -0.25) is 0 Å². The van der Waals surface area contributed by atoms with E-state index >= 15 is 0 Å².